The molecule has 0 aliphatic heterocycles. The van der Waals surface area contributed by atoms with Crippen molar-refractivity contribution in [2.24, 2.45) is 15.3 Å². The van der Waals surface area contributed by atoms with Crippen LogP contribution in [0.15, 0.2) is 179 Å². The van der Waals surface area contributed by atoms with Crippen LogP contribution in [0.3, 0.4) is 0 Å². The maximum Gasteiger partial charge on any atom is 0.275 e. The summed E-state index contributed by atoms with van der Waals surface area (Å²) in [5.41, 5.74) is 8.75. The molecule has 3 amide bonds. The zero-order valence-corrected chi connectivity index (χ0v) is 37.4. The number of phenols is 9. The third kappa shape index (κ3) is 12.5. The molecule has 12 N–H and O–H groups in total. The number of carbonyl (C=O) groups is 3. The monoisotopic (exact) mass is 966 g/mol. The smallest absolute Gasteiger partial charge is 0.275 e. The van der Waals surface area contributed by atoms with Gasteiger partial charge in [-0.2, -0.15) is 15.3 Å². The minimum atomic E-state index is -0.558. The second kappa shape index (κ2) is 22.5. The number of rotatable bonds is 9. The molecule has 72 heavy (non-hydrogen) atoms. The summed E-state index contributed by atoms with van der Waals surface area (Å²) >= 11 is 0. The Morgan fingerprint density at radius 3 is 0.764 bits per heavy atom. The number of carbonyl (C=O) groups excluding carboxylic acids is 3. The molecule has 0 radical (unpaired) electrons. The van der Waals surface area contributed by atoms with E-state index in [0.29, 0.717) is 16.7 Å². The average Bonchev–Trinajstić information content (AvgIpc) is 3.36. The fraction of sp³-hybridized carbons (Fsp3) is 0. The summed E-state index contributed by atoms with van der Waals surface area (Å²) in [6, 6.07) is 43.9. The van der Waals surface area contributed by atoms with Crippen molar-refractivity contribution in [3.8, 4) is 51.7 Å². The molecule has 0 saturated carbocycles. The molecule has 0 saturated heterocycles. The molecular formula is C54H42N6O12. The van der Waals surface area contributed by atoms with Gasteiger partial charge in [-0.1, -0.05) is 72.8 Å². The highest BCUT2D eigenvalue weighted by molar-refractivity contribution is 6.04. The molecule has 0 spiro atoms. The van der Waals surface area contributed by atoms with E-state index in [9.17, 15) is 60.3 Å². The molecule has 0 aliphatic rings. The molecule has 0 fully saturated rings. The van der Waals surface area contributed by atoms with Crippen LogP contribution < -0.4 is 16.3 Å². The van der Waals surface area contributed by atoms with Crippen LogP contribution in [0, 0.1) is 0 Å². The third-order valence-electron chi connectivity index (χ3n) is 10.5. The van der Waals surface area contributed by atoms with Gasteiger partial charge in [0.25, 0.3) is 17.7 Å². The summed E-state index contributed by atoms with van der Waals surface area (Å²) in [6.45, 7) is 0. The maximum absolute atomic E-state index is 12.1. The molecule has 0 atom stereocenters. The van der Waals surface area contributed by atoms with E-state index in [2.05, 4.69) is 31.6 Å². The van der Waals surface area contributed by atoms with Gasteiger partial charge in [0, 0.05) is 0 Å². The van der Waals surface area contributed by atoms with Gasteiger partial charge in [-0.3, -0.25) is 14.4 Å². The minimum Gasteiger partial charge on any atom is -0.507 e. The van der Waals surface area contributed by atoms with Gasteiger partial charge in [0.2, 0.25) is 0 Å². The average molecular weight is 967 g/mol. The van der Waals surface area contributed by atoms with E-state index in [1.54, 1.807) is 18.2 Å². The number of hydrogen-bond acceptors (Lipinski definition) is 15. The summed E-state index contributed by atoms with van der Waals surface area (Å²) in [5, 5.41) is 102. The third-order valence-corrected chi connectivity index (χ3v) is 10.5. The van der Waals surface area contributed by atoms with Gasteiger partial charge in [-0.25, -0.2) is 16.3 Å². The number of benzene rings is 9. The summed E-state index contributed by atoms with van der Waals surface area (Å²) < 4.78 is 0. The molecule has 0 heterocycles. The van der Waals surface area contributed by atoms with Crippen molar-refractivity contribution >= 4 is 68.7 Å². The van der Waals surface area contributed by atoms with E-state index < -0.39 is 17.7 Å². The Kier molecular flexibility index (Phi) is 15.4. The first-order valence-corrected chi connectivity index (χ1v) is 21.3. The zero-order chi connectivity index (χ0) is 51.3. The Morgan fingerprint density at radius 1 is 0.292 bits per heavy atom. The summed E-state index contributed by atoms with van der Waals surface area (Å²) in [6.07, 6.45) is 3.94. The Labute approximate surface area is 408 Å². The lowest BCUT2D eigenvalue weighted by molar-refractivity contribution is 0.0944. The number of fused-ring (bicyclic) bond motifs is 3. The molecule has 0 aromatic heterocycles. The van der Waals surface area contributed by atoms with Gasteiger partial charge in [0.15, 0.2) is 34.5 Å². The first-order chi connectivity index (χ1) is 34.6. The molecule has 18 nitrogen and oxygen atoms in total. The van der Waals surface area contributed by atoms with E-state index in [4.69, 9.17) is 0 Å². The highest BCUT2D eigenvalue weighted by Crippen LogP contribution is 2.29. The fourth-order valence-electron chi connectivity index (χ4n) is 6.77. The van der Waals surface area contributed by atoms with E-state index in [1.807, 2.05) is 72.8 Å². The van der Waals surface area contributed by atoms with E-state index in [-0.39, 0.29) is 68.4 Å². The molecule has 9 aromatic rings. The van der Waals surface area contributed by atoms with Crippen molar-refractivity contribution in [3.05, 3.63) is 197 Å². The van der Waals surface area contributed by atoms with Gasteiger partial charge >= 0.3 is 0 Å². The second-order valence-corrected chi connectivity index (χ2v) is 15.5. The number of hydrogen-bond donors (Lipinski definition) is 12. The Morgan fingerprint density at radius 2 is 0.528 bits per heavy atom. The first kappa shape index (κ1) is 49.3. The van der Waals surface area contributed by atoms with Crippen molar-refractivity contribution in [1.29, 1.82) is 0 Å². The van der Waals surface area contributed by atoms with Crippen molar-refractivity contribution in [2.75, 3.05) is 0 Å². The normalized spacial score (nSPS) is 11.0. The van der Waals surface area contributed by atoms with Gasteiger partial charge in [-0.05, 0) is 140 Å². The predicted molar refractivity (Wildman–Crippen MR) is 271 cm³/mol. The van der Waals surface area contributed by atoms with Crippen molar-refractivity contribution in [1.82, 2.24) is 16.3 Å². The van der Waals surface area contributed by atoms with Gasteiger partial charge in [0.05, 0.1) is 35.3 Å². The van der Waals surface area contributed by atoms with Crippen molar-refractivity contribution < 1.29 is 60.3 Å². The lowest BCUT2D eigenvalue weighted by Crippen LogP contribution is -2.17. The van der Waals surface area contributed by atoms with Crippen LogP contribution in [0.4, 0.5) is 0 Å². The molecule has 9 rings (SSSR count). The summed E-state index contributed by atoms with van der Waals surface area (Å²) in [7, 11) is 0. The molecule has 0 bridgehead atoms. The number of nitrogens with zero attached hydrogens (tertiary/aromatic N) is 3. The Hall–Kier alpha value is -10.6. The van der Waals surface area contributed by atoms with E-state index in [0.717, 1.165) is 32.3 Å². The number of nitrogens with one attached hydrogen (secondary N) is 3. The van der Waals surface area contributed by atoms with Crippen LogP contribution in [-0.4, -0.2) is 82.3 Å². The van der Waals surface area contributed by atoms with Crippen molar-refractivity contribution in [3.63, 3.8) is 0 Å². The van der Waals surface area contributed by atoms with Gasteiger partial charge in [-0.15, -0.1) is 0 Å². The lowest BCUT2D eigenvalue weighted by atomic mass is 10.1. The van der Waals surface area contributed by atoms with Gasteiger partial charge < -0.3 is 46.0 Å². The fourth-order valence-corrected chi connectivity index (χ4v) is 6.77. The standard InChI is InChI=1S/3C18H14N2O4/c3*21-15-6-5-11(7-17(15)23)10-19-20-18(24)14-8-12-3-1-2-4-13(12)9-16(14)22/h3*1-10,21-23H,(H,20,24)/b3*19-10+. The Balaban J connectivity index is 0.000000158. The highest BCUT2D eigenvalue weighted by atomic mass is 16.3. The van der Waals surface area contributed by atoms with Crippen LogP contribution in [0.5, 0.6) is 51.7 Å². The van der Waals surface area contributed by atoms with Crippen LogP contribution in [-0.2, 0) is 0 Å². The highest BCUT2D eigenvalue weighted by Gasteiger charge is 2.14. The quantitative estimate of drug-likeness (QED) is 0.0370. The number of hydrazone groups is 3. The minimum absolute atomic E-state index is 0.111. The molecule has 0 aliphatic carbocycles. The molecule has 9 aromatic carbocycles. The molecule has 0 unspecified atom stereocenters. The lowest BCUT2D eigenvalue weighted by Gasteiger charge is -2.05. The van der Waals surface area contributed by atoms with E-state index >= 15 is 0 Å². The predicted octanol–water partition coefficient (Wildman–Crippen LogP) is 8.16. The van der Waals surface area contributed by atoms with Crippen molar-refractivity contribution in [2.45, 2.75) is 0 Å². The molecule has 360 valence electrons. The number of aromatic hydroxyl groups is 9. The van der Waals surface area contributed by atoms with Crippen LogP contribution >= 0.6 is 0 Å². The Bertz CT molecular complexity index is 3230. The summed E-state index contributed by atoms with van der Waals surface area (Å²) in [4.78, 5) is 36.4. The molecular weight excluding hydrogens is 925 g/mol. The zero-order valence-electron chi connectivity index (χ0n) is 37.4. The maximum atomic E-state index is 12.1. The number of amides is 3. The van der Waals surface area contributed by atoms with Crippen LogP contribution in [0.1, 0.15) is 47.8 Å². The van der Waals surface area contributed by atoms with Crippen LogP contribution in [0.25, 0.3) is 32.3 Å². The van der Waals surface area contributed by atoms with Gasteiger partial charge in [0.1, 0.15) is 17.2 Å². The molecule has 18 heteroatoms. The topological polar surface area (TPSA) is 306 Å². The second-order valence-electron chi connectivity index (χ2n) is 15.5. The number of phenolic OH excluding ortho intramolecular Hbond substituents is 9. The van der Waals surface area contributed by atoms with E-state index in [1.165, 1.54) is 91.4 Å². The SMILES string of the molecule is O=C(N/N=C/c1ccc(O)c(O)c1)c1cc2ccccc2cc1O.O=C(N/N=C/c1ccc(O)c(O)c1)c1cc2ccccc2cc1O.O=C(N/N=C/c1ccc(O)c(O)c1)c1cc2ccccc2cc1O. The largest absolute Gasteiger partial charge is 0.507 e. The van der Waals surface area contributed by atoms with Crippen LogP contribution in [0.2, 0.25) is 0 Å². The summed E-state index contributed by atoms with van der Waals surface area (Å²) in [5.74, 6) is -3.64. The first-order valence-electron chi connectivity index (χ1n) is 21.3.